The summed E-state index contributed by atoms with van der Waals surface area (Å²) in [6, 6.07) is 19.0. The number of allylic oxidation sites excluding steroid dienone is 1. The molecule has 0 saturated heterocycles. The Morgan fingerprint density at radius 3 is 2.29 bits per heavy atom. The van der Waals surface area contributed by atoms with Gasteiger partial charge in [0.2, 0.25) is 0 Å². The molecule has 86 valence electrons. The molecule has 0 aromatic heterocycles. The van der Waals surface area contributed by atoms with Crippen LogP contribution in [0.2, 0.25) is 0 Å². The number of rotatable bonds is 4. The minimum absolute atomic E-state index is 0.930. The highest BCUT2D eigenvalue weighted by atomic mass is 32.2. The van der Waals surface area contributed by atoms with E-state index in [1.54, 1.807) is 11.8 Å². The van der Waals surface area contributed by atoms with Crippen molar-refractivity contribution in [3.63, 3.8) is 0 Å². The third kappa shape index (κ3) is 3.79. The Hall–Kier alpha value is -1.47. The summed E-state index contributed by atoms with van der Waals surface area (Å²) >= 11 is 1.75. The van der Waals surface area contributed by atoms with Gasteiger partial charge < -0.3 is 0 Å². The van der Waals surface area contributed by atoms with E-state index in [0.29, 0.717) is 0 Å². The van der Waals surface area contributed by atoms with Gasteiger partial charge in [0.05, 0.1) is 0 Å². The molecule has 0 nitrogen and oxygen atoms in total. The average molecular weight is 240 g/mol. The second kappa shape index (κ2) is 5.74. The van der Waals surface area contributed by atoms with Crippen molar-refractivity contribution in [2.24, 2.45) is 0 Å². The lowest BCUT2D eigenvalue weighted by molar-refractivity contribution is 1.24. The summed E-state index contributed by atoms with van der Waals surface area (Å²) in [4.78, 5) is 2.43. The van der Waals surface area contributed by atoms with Crippen LogP contribution in [0.15, 0.2) is 71.0 Å². The lowest BCUT2D eigenvalue weighted by Gasteiger charge is -2.06. The number of benzene rings is 2. The van der Waals surface area contributed by atoms with Crippen LogP contribution in [0, 0.1) is 6.92 Å². The first-order valence-electron chi connectivity index (χ1n) is 5.70. The second-order valence-electron chi connectivity index (χ2n) is 4.12. The molecule has 0 aliphatic carbocycles. The SMILES string of the molecule is C=C(Cc1ccc(C)cc1)Sc1ccccc1. The third-order valence-corrected chi connectivity index (χ3v) is 3.47. The number of thioether (sulfide) groups is 1. The molecular formula is C16H16S. The molecule has 2 aromatic carbocycles. The Kier molecular flexibility index (Phi) is 4.05. The van der Waals surface area contributed by atoms with E-state index in [2.05, 4.69) is 62.0 Å². The van der Waals surface area contributed by atoms with Crippen molar-refractivity contribution < 1.29 is 0 Å². The zero-order valence-corrected chi connectivity index (χ0v) is 10.8. The van der Waals surface area contributed by atoms with Crippen LogP contribution in [-0.4, -0.2) is 0 Å². The van der Waals surface area contributed by atoms with Crippen LogP contribution >= 0.6 is 11.8 Å². The molecule has 0 aliphatic heterocycles. The van der Waals surface area contributed by atoms with E-state index in [9.17, 15) is 0 Å². The molecule has 0 amide bonds. The van der Waals surface area contributed by atoms with Gasteiger partial charge in [0.1, 0.15) is 0 Å². The summed E-state index contributed by atoms with van der Waals surface area (Å²) in [5.74, 6) is 0. The van der Waals surface area contributed by atoms with Crippen LogP contribution in [0.25, 0.3) is 0 Å². The summed E-state index contributed by atoms with van der Waals surface area (Å²) in [6.45, 7) is 6.24. The minimum atomic E-state index is 0.930. The normalized spacial score (nSPS) is 10.2. The molecule has 17 heavy (non-hydrogen) atoms. The first kappa shape index (κ1) is 12.0. The van der Waals surface area contributed by atoms with Crippen molar-refractivity contribution in [2.75, 3.05) is 0 Å². The fourth-order valence-electron chi connectivity index (χ4n) is 1.62. The van der Waals surface area contributed by atoms with Crippen molar-refractivity contribution in [3.8, 4) is 0 Å². The highest BCUT2D eigenvalue weighted by molar-refractivity contribution is 8.03. The second-order valence-corrected chi connectivity index (χ2v) is 5.37. The van der Waals surface area contributed by atoms with Crippen molar-refractivity contribution in [3.05, 3.63) is 77.2 Å². The Balaban J connectivity index is 1.96. The zero-order chi connectivity index (χ0) is 12.1. The minimum Gasteiger partial charge on any atom is -0.0948 e. The Morgan fingerprint density at radius 2 is 1.65 bits per heavy atom. The summed E-state index contributed by atoms with van der Waals surface area (Å²) in [5, 5.41) is 0. The summed E-state index contributed by atoms with van der Waals surface area (Å²) < 4.78 is 0. The predicted octanol–water partition coefficient (Wildman–Crippen LogP) is 4.84. The summed E-state index contributed by atoms with van der Waals surface area (Å²) in [5.41, 5.74) is 2.62. The molecule has 0 radical (unpaired) electrons. The Morgan fingerprint density at radius 1 is 1.00 bits per heavy atom. The fraction of sp³-hybridized carbons (Fsp3) is 0.125. The van der Waals surface area contributed by atoms with E-state index in [0.717, 1.165) is 6.42 Å². The zero-order valence-electron chi connectivity index (χ0n) is 10.0. The van der Waals surface area contributed by atoms with E-state index >= 15 is 0 Å². The number of aryl methyl sites for hydroxylation is 1. The van der Waals surface area contributed by atoms with Gasteiger partial charge in [0, 0.05) is 11.3 Å². The maximum absolute atomic E-state index is 4.13. The summed E-state index contributed by atoms with van der Waals surface area (Å²) in [6.07, 6.45) is 0.930. The van der Waals surface area contributed by atoms with Gasteiger partial charge in [-0.15, -0.1) is 0 Å². The van der Waals surface area contributed by atoms with Crippen LogP contribution in [0.1, 0.15) is 11.1 Å². The van der Waals surface area contributed by atoms with E-state index in [4.69, 9.17) is 0 Å². The molecule has 2 rings (SSSR count). The topological polar surface area (TPSA) is 0 Å². The predicted molar refractivity (Wildman–Crippen MR) is 76.3 cm³/mol. The monoisotopic (exact) mass is 240 g/mol. The molecule has 0 fully saturated rings. The van der Waals surface area contributed by atoms with E-state index in [1.807, 2.05) is 6.07 Å². The largest absolute Gasteiger partial charge is 0.0948 e. The average Bonchev–Trinajstić information content (AvgIpc) is 2.33. The molecule has 0 atom stereocenters. The molecular weight excluding hydrogens is 224 g/mol. The molecule has 0 aliphatic rings. The van der Waals surface area contributed by atoms with Gasteiger partial charge >= 0.3 is 0 Å². The van der Waals surface area contributed by atoms with Gasteiger partial charge in [-0.2, -0.15) is 0 Å². The summed E-state index contributed by atoms with van der Waals surface area (Å²) in [7, 11) is 0. The first-order valence-corrected chi connectivity index (χ1v) is 6.52. The Bertz CT molecular complexity index is 483. The highest BCUT2D eigenvalue weighted by Gasteiger charge is 2.00. The molecule has 0 N–H and O–H groups in total. The van der Waals surface area contributed by atoms with Crippen LogP contribution < -0.4 is 0 Å². The van der Waals surface area contributed by atoms with Crippen molar-refractivity contribution >= 4 is 11.8 Å². The van der Waals surface area contributed by atoms with E-state index in [1.165, 1.54) is 20.9 Å². The van der Waals surface area contributed by atoms with Gasteiger partial charge in [0.15, 0.2) is 0 Å². The maximum Gasteiger partial charge on any atom is 0.0118 e. The van der Waals surface area contributed by atoms with Gasteiger partial charge in [-0.3, -0.25) is 0 Å². The highest BCUT2D eigenvalue weighted by Crippen LogP contribution is 2.27. The Labute approximate surface area is 107 Å². The van der Waals surface area contributed by atoms with Crippen LogP contribution in [0.3, 0.4) is 0 Å². The molecule has 0 saturated carbocycles. The number of hydrogen-bond donors (Lipinski definition) is 0. The third-order valence-electron chi connectivity index (χ3n) is 2.53. The molecule has 2 aromatic rings. The van der Waals surface area contributed by atoms with Crippen molar-refractivity contribution in [2.45, 2.75) is 18.2 Å². The van der Waals surface area contributed by atoms with Gasteiger partial charge in [-0.25, -0.2) is 0 Å². The van der Waals surface area contributed by atoms with Crippen LogP contribution in [0.5, 0.6) is 0 Å². The van der Waals surface area contributed by atoms with Crippen molar-refractivity contribution in [1.29, 1.82) is 0 Å². The van der Waals surface area contributed by atoms with Crippen LogP contribution in [0.4, 0.5) is 0 Å². The van der Waals surface area contributed by atoms with Gasteiger partial charge in [-0.05, 0) is 29.5 Å². The van der Waals surface area contributed by atoms with E-state index in [-0.39, 0.29) is 0 Å². The molecule has 0 spiro atoms. The van der Waals surface area contributed by atoms with Gasteiger partial charge in [0.25, 0.3) is 0 Å². The molecule has 0 unspecified atom stereocenters. The molecule has 0 heterocycles. The lowest BCUT2D eigenvalue weighted by atomic mass is 10.1. The molecule has 0 bridgehead atoms. The first-order chi connectivity index (χ1) is 8.24. The van der Waals surface area contributed by atoms with Gasteiger partial charge in [-0.1, -0.05) is 66.4 Å². The fourth-order valence-corrected chi connectivity index (χ4v) is 2.49. The number of hydrogen-bond acceptors (Lipinski definition) is 1. The standard InChI is InChI=1S/C16H16S/c1-13-8-10-15(11-9-13)12-14(2)17-16-6-4-3-5-7-16/h3-11H,2,12H2,1H3. The lowest BCUT2D eigenvalue weighted by Crippen LogP contribution is -1.86. The maximum atomic E-state index is 4.13. The smallest absolute Gasteiger partial charge is 0.0118 e. The molecule has 1 heteroatoms. The quantitative estimate of drug-likeness (QED) is 0.689. The van der Waals surface area contributed by atoms with Crippen LogP contribution in [-0.2, 0) is 6.42 Å². The van der Waals surface area contributed by atoms with Crippen molar-refractivity contribution in [1.82, 2.24) is 0 Å². The van der Waals surface area contributed by atoms with E-state index < -0.39 is 0 Å².